The van der Waals surface area contributed by atoms with Crippen LogP contribution in [-0.4, -0.2) is 11.0 Å². The number of rotatable bonds is 0. The second kappa shape index (κ2) is 20.9. The van der Waals surface area contributed by atoms with Crippen molar-refractivity contribution in [1.29, 1.82) is 0 Å². The Hall–Kier alpha value is -1.35. The van der Waals surface area contributed by atoms with Gasteiger partial charge in [-0.1, -0.05) is 36.4 Å². The van der Waals surface area contributed by atoms with E-state index in [4.69, 9.17) is 0 Å². The van der Waals surface area contributed by atoms with Crippen molar-refractivity contribution in [2.24, 2.45) is 5.73 Å². The van der Waals surface area contributed by atoms with Gasteiger partial charge in [0.05, 0.1) is 0 Å². The van der Waals surface area contributed by atoms with Gasteiger partial charge in [0.2, 0.25) is 0 Å². The molecule has 0 bridgehead atoms. The minimum atomic E-state index is 0. The third-order valence-electron chi connectivity index (χ3n) is 3.72. The van der Waals surface area contributed by atoms with E-state index >= 15 is 0 Å². The summed E-state index contributed by atoms with van der Waals surface area (Å²) in [6.07, 6.45) is 10.0. The van der Waals surface area contributed by atoms with Crippen LogP contribution < -0.4 is 5.73 Å². The van der Waals surface area contributed by atoms with Gasteiger partial charge in [-0.05, 0) is 0 Å². The van der Waals surface area contributed by atoms with Crippen LogP contribution in [0, 0.1) is 19.2 Å². The van der Waals surface area contributed by atoms with Crippen LogP contribution in [0.5, 0.6) is 0 Å². The second-order valence-corrected chi connectivity index (χ2v) is 5.40. The smallest absolute Gasteiger partial charge is 0.486 e. The van der Waals surface area contributed by atoms with Crippen LogP contribution in [0.3, 0.4) is 0 Å². The van der Waals surface area contributed by atoms with Gasteiger partial charge in [0.1, 0.15) is 0 Å². The fourth-order valence-electron chi connectivity index (χ4n) is 2.59. The van der Waals surface area contributed by atoms with E-state index < -0.39 is 0 Å². The van der Waals surface area contributed by atoms with E-state index in [0.29, 0.717) is 0 Å². The first kappa shape index (κ1) is 33.3. The molecule has 1 aliphatic rings. The Labute approximate surface area is 216 Å². The van der Waals surface area contributed by atoms with Gasteiger partial charge in [0.15, 0.2) is 0 Å². The van der Waals surface area contributed by atoms with E-state index in [9.17, 15) is 0 Å². The largest absolute Gasteiger partial charge is 4.00 e. The summed E-state index contributed by atoms with van der Waals surface area (Å²) >= 11 is 0. The van der Waals surface area contributed by atoms with Crippen LogP contribution in [0.15, 0.2) is 103 Å². The van der Waals surface area contributed by atoms with Gasteiger partial charge in [0.25, 0.3) is 0 Å². The Morgan fingerprint density at radius 2 is 1.27 bits per heavy atom. The molecule has 4 radical (unpaired) electrons. The molecular formula is C25H25Cl2NSiZr. The molecule has 0 heterocycles. The van der Waals surface area contributed by atoms with Crippen LogP contribution in [0.1, 0.15) is 6.42 Å². The molecule has 0 spiro atoms. The molecule has 4 aromatic rings. The molecule has 0 fully saturated rings. The topological polar surface area (TPSA) is 26.0 Å². The van der Waals surface area contributed by atoms with E-state index in [1.807, 2.05) is 42.5 Å². The number of fused-ring (bicyclic) bond motifs is 3. The fraction of sp³-hybridized carbons (Fsp3) is 0.0400. The third kappa shape index (κ3) is 11.2. The van der Waals surface area contributed by atoms with Crippen molar-refractivity contribution in [2.45, 2.75) is 6.42 Å². The zero-order chi connectivity index (χ0) is 18.5. The van der Waals surface area contributed by atoms with Crippen molar-refractivity contribution >= 4 is 57.3 Å². The fourth-order valence-corrected chi connectivity index (χ4v) is 2.59. The molecule has 0 atom stereocenters. The number of halogens is 2. The maximum absolute atomic E-state index is 4.25. The van der Waals surface area contributed by atoms with E-state index in [0.717, 1.165) is 6.42 Å². The van der Waals surface area contributed by atoms with Gasteiger partial charge in [-0.2, -0.15) is 42.5 Å². The molecule has 5 rings (SSSR count). The van der Waals surface area contributed by atoms with Crippen molar-refractivity contribution in [3.63, 3.8) is 0 Å². The third-order valence-corrected chi connectivity index (χ3v) is 3.72. The average Bonchev–Trinajstić information content (AvgIpc) is 3.43. The minimum Gasteiger partial charge on any atom is -0.486 e. The molecule has 152 valence electrons. The number of hydrogen-bond acceptors (Lipinski definition) is 1. The van der Waals surface area contributed by atoms with Crippen LogP contribution in [-0.2, 0) is 26.2 Å². The molecule has 30 heavy (non-hydrogen) atoms. The van der Waals surface area contributed by atoms with Crippen LogP contribution >= 0.6 is 24.8 Å². The molecule has 0 amide bonds. The van der Waals surface area contributed by atoms with Crippen LogP contribution in [0.4, 0.5) is 0 Å². The molecule has 0 unspecified atom stereocenters. The van der Waals surface area contributed by atoms with Gasteiger partial charge < -0.3 is 5.73 Å². The molecule has 1 aliphatic carbocycles. The maximum atomic E-state index is 4.25. The van der Waals surface area contributed by atoms with Crippen molar-refractivity contribution < 1.29 is 26.2 Å². The number of nitrogens with two attached hydrogens (primary N) is 1. The van der Waals surface area contributed by atoms with E-state index in [2.05, 4.69) is 85.6 Å². The van der Waals surface area contributed by atoms with Crippen LogP contribution in [0.2, 0.25) is 0 Å². The molecule has 0 saturated heterocycles. The molecule has 0 saturated carbocycles. The van der Waals surface area contributed by atoms with E-state index in [-0.39, 0.29) is 62.0 Å². The standard InChI is InChI=1S/C13H9.C6H5.C5H5.CH4N.2ClH.Si.Zr/c1-3-7-12-10(5-1)9-11-6-2-4-8-13(11)12;1-2-4-6-5-3-1;1-2-4-5-3-1;1-2;;;;/h1-9H;1-5H;1-3H,4H2;1-2H2;2*1H;;/q4*-1;;;;+4. The molecule has 4 aromatic carbocycles. The van der Waals surface area contributed by atoms with Gasteiger partial charge in [-0.25, -0.2) is 12.2 Å². The normalized spacial score (nSPS) is 9.53. The monoisotopic (exact) mass is 527 g/mol. The maximum Gasteiger partial charge on any atom is 4.00 e. The summed E-state index contributed by atoms with van der Waals surface area (Å²) < 4.78 is 0. The predicted octanol–water partition coefficient (Wildman–Crippen LogP) is 6.70. The van der Waals surface area contributed by atoms with E-state index in [1.54, 1.807) is 0 Å². The van der Waals surface area contributed by atoms with Gasteiger partial charge >= 0.3 is 26.2 Å². The quantitative estimate of drug-likeness (QED) is 0.199. The number of benzene rings is 3. The molecule has 0 aliphatic heterocycles. The summed E-state index contributed by atoms with van der Waals surface area (Å²) in [5.41, 5.74) is 4.25. The Morgan fingerprint density at radius 1 is 0.767 bits per heavy atom. The minimum absolute atomic E-state index is 0. The van der Waals surface area contributed by atoms with Gasteiger partial charge in [-0.15, -0.1) is 71.0 Å². The summed E-state index contributed by atoms with van der Waals surface area (Å²) in [7, 11) is 2.75. The van der Waals surface area contributed by atoms with Crippen molar-refractivity contribution in [3.8, 4) is 0 Å². The first-order valence-corrected chi connectivity index (χ1v) is 8.52. The second-order valence-electron chi connectivity index (χ2n) is 5.40. The zero-order valence-electron chi connectivity index (χ0n) is 16.6. The zero-order valence-corrected chi connectivity index (χ0v) is 21.7. The number of hydrogen-bond donors (Lipinski definition) is 1. The Kier molecular flexibility index (Phi) is 23.2. The summed E-state index contributed by atoms with van der Waals surface area (Å²) in [5.74, 6) is 0. The predicted molar refractivity (Wildman–Crippen MR) is 134 cm³/mol. The molecular weight excluding hydrogens is 504 g/mol. The van der Waals surface area contributed by atoms with Crippen molar-refractivity contribution in [3.05, 3.63) is 122 Å². The summed E-state index contributed by atoms with van der Waals surface area (Å²) in [4.78, 5) is 0. The van der Waals surface area contributed by atoms with Gasteiger partial charge in [-0.3, -0.25) is 13.1 Å². The van der Waals surface area contributed by atoms with E-state index in [1.165, 1.54) is 21.5 Å². The molecule has 2 N–H and O–H groups in total. The van der Waals surface area contributed by atoms with Gasteiger partial charge in [0, 0.05) is 11.0 Å². The van der Waals surface area contributed by atoms with Crippen molar-refractivity contribution in [1.82, 2.24) is 0 Å². The molecule has 5 heteroatoms. The Morgan fingerprint density at radius 3 is 1.57 bits per heavy atom. The van der Waals surface area contributed by atoms with Crippen molar-refractivity contribution in [2.75, 3.05) is 0 Å². The SMILES string of the molecule is Cl.Cl.[C-]1=CC=CC1.[CH2-]N.[Si].[Zr+4].[c-]1ccccc1.c1ccc2c(c1)[cH-]c1ccccc12. The summed E-state index contributed by atoms with van der Waals surface area (Å²) in [5, 5.41) is 5.39. The molecule has 1 nitrogen and oxygen atoms in total. The average molecular weight is 530 g/mol. The molecule has 0 aromatic heterocycles. The Bertz CT molecular complexity index is 866. The summed E-state index contributed by atoms with van der Waals surface area (Å²) in [6, 6.07) is 31.8. The first-order chi connectivity index (χ1) is 12.9. The van der Waals surface area contributed by atoms with Crippen LogP contribution in [0.25, 0.3) is 21.5 Å². The summed E-state index contributed by atoms with van der Waals surface area (Å²) in [6.45, 7) is 0. The Balaban J connectivity index is -0.000000369. The first-order valence-electron chi connectivity index (χ1n) is 8.52. The number of allylic oxidation sites excluding steroid dienone is 4.